The second-order valence-corrected chi connectivity index (χ2v) is 8.33. The van der Waals surface area contributed by atoms with Crippen LogP contribution in [0.15, 0.2) is 78.9 Å². The van der Waals surface area contributed by atoms with E-state index in [0.29, 0.717) is 44.0 Å². The Morgan fingerprint density at radius 2 is 1.54 bits per heavy atom. The van der Waals surface area contributed by atoms with Crippen molar-refractivity contribution < 1.29 is 24.2 Å². The lowest BCUT2D eigenvalue weighted by atomic mass is 10.1. The van der Waals surface area contributed by atoms with Gasteiger partial charge in [0.15, 0.2) is 0 Å². The number of hydrogen-bond donors (Lipinski definition) is 2. The molecule has 3 aromatic rings. The van der Waals surface area contributed by atoms with Crippen LogP contribution in [0.25, 0.3) is 0 Å². The summed E-state index contributed by atoms with van der Waals surface area (Å²) in [5.74, 6) is 0.313. The first-order chi connectivity index (χ1) is 17.0. The van der Waals surface area contributed by atoms with Gasteiger partial charge < -0.3 is 20.1 Å². The van der Waals surface area contributed by atoms with Crippen LogP contribution >= 0.6 is 0 Å². The molecule has 0 saturated carbocycles. The summed E-state index contributed by atoms with van der Waals surface area (Å²) in [6.45, 7) is 2.19. The molecule has 0 aliphatic carbocycles. The monoisotopic (exact) mass is 473 g/mol. The van der Waals surface area contributed by atoms with E-state index < -0.39 is 5.97 Å². The summed E-state index contributed by atoms with van der Waals surface area (Å²) in [5.41, 5.74) is 1.76. The first-order valence-electron chi connectivity index (χ1n) is 11.4. The van der Waals surface area contributed by atoms with Crippen LogP contribution in [-0.4, -0.2) is 58.9 Å². The van der Waals surface area contributed by atoms with Crippen molar-refractivity contribution in [2.45, 2.75) is 13.0 Å². The summed E-state index contributed by atoms with van der Waals surface area (Å²) < 4.78 is 5.77. The maximum atomic E-state index is 12.6. The lowest BCUT2D eigenvalue weighted by Gasteiger charge is -2.22. The summed E-state index contributed by atoms with van der Waals surface area (Å²) in [7, 11) is 0. The Balaban J connectivity index is 1.26. The highest BCUT2D eigenvalue weighted by Crippen LogP contribution is 2.22. The number of amides is 2. The summed E-state index contributed by atoms with van der Waals surface area (Å²) in [6, 6.07) is 23.2. The Morgan fingerprint density at radius 1 is 0.857 bits per heavy atom. The molecule has 0 atom stereocenters. The highest BCUT2D eigenvalue weighted by atomic mass is 16.5. The number of benzene rings is 3. The topological polar surface area (TPSA) is 99.2 Å². The minimum absolute atomic E-state index is 0.0178. The van der Waals surface area contributed by atoms with Gasteiger partial charge in [0.2, 0.25) is 11.8 Å². The van der Waals surface area contributed by atoms with E-state index in [1.165, 1.54) is 12.1 Å². The normalized spacial score (nSPS) is 14.3. The molecule has 1 aliphatic heterocycles. The van der Waals surface area contributed by atoms with Crippen LogP contribution < -0.4 is 10.1 Å². The molecule has 1 aliphatic rings. The van der Waals surface area contributed by atoms with E-state index in [0.717, 1.165) is 11.3 Å². The van der Waals surface area contributed by atoms with Gasteiger partial charge in [0.1, 0.15) is 11.5 Å². The quantitative estimate of drug-likeness (QED) is 0.516. The van der Waals surface area contributed by atoms with Crippen molar-refractivity contribution >= 4 is 23.5 Å². The molecule has 1 saturated heterocycles. The van der Waals surface area contributed by atoms with E-state index in [-0.39, 0.29) is 23.9 Å². The number of nitrogens with zero attached hydrogens (tertiary/aromatic N) is 2. The number of hydrogen-bond acceptors (Lipinski definition) is 5. The van der Waals surface area contributed by atoms with Crippen molar-refractivity contribution in [1.29, 1.82) is 0 Å². The first-order valence-corrected chi connectivity index (χ1v) is 11.4. The SMILES string of the molecule is O=C(CN1CCC(=O)N(Cc2ccc(C(=O)O)cc2)CC1)Nc1ccc(Oc2ccccc2)cc1. The van der Waals surface area contributed by atoms with Gasteiger partial charge >= 0.3 is 5.97 Å². The number of carboxylic acid groups (broad SMARTS) is 1. The summed E-state index contributed by atoms with van der Waals surface area (Å²) in [4.78, 5) is 39.9. The minimum atomic E-state index is -0.979. The zero-order chi connectivity index (χ0) is 24.6. The standard InChI is InChI=1S/C27H27N3O5/c31-25(28-22-10-12-24(13-11-22)35-23-4-2-1-3-5-23)19-29-15-14-26(32)30(17-16-29)18-20-6-8-21(9-7-20)27(33)34/h1-13H,14-19H2,(H,28,31)(H,33,34). The number of carbonyl (C=O) groups excluding carboxylic acids is 2. The molecule has 0 bridgehead atoms. The molecule has 8 heteroatoms. The van der Waals surface area contributed by atoms with Gasteiger partial charge in [0.05, 0.1) is 12.1 Å². The van der Waals surface area contributed by atoms with Crippen molar-refractivity contribution in [3.8, 4) is 11.5 Å². The Kier molecular flexibility index (Phi) is 7.74. The van der Waals surface area contributed by atoms with Crippen LogP contribution in [0.1, 0.15) is 22.3 Å². The van der Waals surface area contributed by atoms with Gasteiger partial charge in [-0.05, 0) is 54.1 Å². The fourth-order valence-electron chi connectivity index (χ4n) is 3.84. The Morgan fingerprint density at radius 3 is 2.23 bits per heavy atom. The van der Waals surface area contributed by atoms with Gasteiger partial charge in [-0.1, -0.05) is 30.3 Å². The van der Waals surface area contributed by atoms with Crippen LogP contribution in [0, 0.1) is 0 Å². The molecule has 0 aromatic heterocycles. The van der Waals surface area contributed by atoms with Gasteiger partial charge in [-0.15, -0.1) is 0 Å². The number of rotatable bonds is 8. The zero-order valence-corrected chi connectivity index (χ0v) is 19.2. The largest absolute Gasteiger partial charge is 0.478 e. The molecule has 1 fully saturated rings. The fourth-order valence-corrected chi connectivity index (χ4v) is 3.84. The third-order valence-corrected chi connectivity index (χ3v) is 5.74. The molecular weight excluding hydrogens is 446 g/mol. The van der Waals surface area contributed by atoms with E-state index in [4.69, 9.17) is 9.84 Å². The molecular formula is C27H27N3O5. The van der Waals surface area contributed by atoms with E-state index in [2.05, 4.69) is 5.32 Å². The average molecular weight is 474 g/mol. The van der Waals surface area contributed by atoms with Gasteiger partial charge in [0, 0.05) is 38.3 Å². The van der Waals surface area contributed by atoms with Crippen molar-refractivity contribution in [3.63, 3.8) is 0 Å². The average Bonchev–Trinajstić information content (AvgIpc) is 3.02. The molecule has 1 heterocycles. The summed E-state index contributed by atoms with van der Waals surface area (Å²) in [5, 5.41) is 11.9. The number of carbonyl (C=O) groups is 3. The summed E-state index contributed by atoms with van der Waals surface area (Å²) >= 11 is 0. The second kappa shape index (κ2) is 11.3. The molecule has 0 unspecified atom stereocenters. The van der Waals surface area contributed by atoms with E-state index in [1.54, 1.807) is 41.3 Å². The highest BCUT2D eigenvalue weighted by Gasteiger charge is 2.22. The van der Waals surface area contributed by atoms with Crippen LogP contribution in [0.4, 0.5) is 5.69 Å². The Labute approximate surface area is 203 Å². The number of nitrogens with one attached hydrogen (secondary N) is 1. The predicted octanol–water partition coefficient (Wildman–Crippen LogP) is 3.85. The molecule has 0 spiro atoms. The number of carboxylic acids is 1. The van der Waals surface area contributed by atoms with Crippen LogP contribution in [0.5, 0.6) is 11.5 Å². The predicted molar refractivity (Wildman–Crippen MR) is 131 cm³/mol. The molecule has 180 valence electrons. The maximum Gasteiger partial charge on any atom is 0.335 e. The van der Waals surface area contributed by atoms with Gasteiger partial charge in [-0.3, -0.25) is 14.5 Å². The number of para-hydroxylation sites is 1. The molecule has 35 heavy (non-hydrogen) atoms. The van der Waals surface area contributed by atoms with Crippen LogP contribution in [0.3, 0.4) is 0 Å². The molecule has 0 radical (unpaired) electrons. The Hall–Kier alpha value is -4.17. The smallest absolute Gasteiger partial charge is 0.335 e. The maximum absolute atomic E-state index is 12.6. The highest BCUT2D eigenvalue weighted by molar-refractivity contribution is 5.92. The van der Waals surface area contributed by atoms with Gasteiger partial charge in [0.25, 0.3) is 0 Å². The second-order valence-electron chi connectivity index (χ2n) is 8.33. The lowest BCUT2D eigenvalue weighted by Crippen LogP contribution is -2.36. The van der Waals surface area contributed by atoms with E-state index in [9.17, 15) is 14.4 Å². The zero-order valence-electron chi connectivity index (χ0n) is 19.2. The van der Waals surface area contributed by atoms with Crippen molar-refractivity contribution in [2.24, 2.45) is 0 Å². The Bertz CT molecular complexity index is 1160. The number of ether oxygens (including phenoxy) is 1. The number of anilines is 1. The van der Waals surface area contributed by atoms with E-state index in [1.807, 2.05) is 35.2 Å². The van der Waals surface area contributed by atoms with Gasteiger partial charge in [-0.25, -0.2) is 4.79 Å². The first kappa shape index (κ1) is 24.0. The summed E-state index contributed by atoms with van der Waals surface area (Å²) in [6.07, 6.45) is 0.325. The third kappa shape index (κ3) is 6.91. The molecule has 4 rings (SSSR count). The van der Waals surface area contributed by atoms with Crippen molar-refractivity contribution in [1.82, 2.24) is 9.80 Å². The lowest BCUT2D eigenvalue weighted by molar-refractivity contribution is -0.131. The fraction of sp³-hybridized carbons (Fsp3) is 0.222. The number of aromatic carboxylic acids is 1. The van der Waals surface area contributed by atoms with Crippen LogP contribution in [-0.2, 0) is 16.1 Å². The molecule has 2 N–H and O–H groups in total. The third-order valence-electron chi connectivity index (χ3n) is 5.74. The molecule has 3 aromatic carbocycles. The van der Waals surface area contributed by atoms with Crippen molar-refractivity contribution in [2.75, 3.05) is 31.5 Å². The minimum Gasteiger partial charge on any atom is -0.478 e. The molecule has 2 amide bonds. The van der Waals surface area contributed by atoms with Crippen LogP contribution in [0.2, 0.25) is 0 Å². The van der Waals surface area contributed by atoms with Gasteiger partial charge in [-0.2, -0.15) is 0 Å². The van der Waals surface area contributed by atoms with E-state index >= 15 is 0 Å². The molecule has 8 nitrogen and oxygen atoms in total. The van der Waals surface area contributed by atoms with Crippen molar-refractivity contribution in [3.05, 3.63) is 90.0 Å².